The number of benzene rings is 2. The second kappa shape index (κ2) is 7.05. The number of carbonyl (C=O) groups is 1. The summed E-state index contributed by atoms with van der Waals surface area (Å²) in [5, 5.41) is 3.62. The number of halogens is 1. The third kappa shape index (κ3) is 4.05. The quantitative estimate of drug-likeness (QED) is 0.897. The molecule has 1 atom stereocenters. The summed E-state index contributed by atoms with van der Waals surface area (Å²) in [6.45, 7) is 1.99. The van der Waals surface area contributed by atoms with Gasteiger partial charge in [-0.2, -0.15) is 0 Å². The summed E-state index contributed by atoms with van der Waals surface area (Å²) in [6, 6.07) is 13.5. The van der Waals surface area contributed by atoms with Crippen molar-refractivity contribution in [2.45, 2.75) is 32.2 Å². The molecule has 2 aromatic carbocycles. The van der Waals surface area contributed by atoms with Crippen LogP contribution in [0.2, 0.25) is 5.02 Å². The van der Waals surface area contributed by atoms with Gasteiger partial charge in [-0.05, 0) is 67.1 Å². The van der Waals surface area contributed by atoms with E-state index in [1.807, 2.05) is 6.92 Å². The van der Waals surface area contributed by atoms with Crippen LogP contribution in [0.3, 0.4) is 0 Å². The number of fused-ring (bicyclic) bond motifs is 1. The maximum Gasteiger partial charge on any atom is 0.258 e. The Morgan fingerprint density at radius 2 is 1.91 bits per heavy atom. The Hall–Kier alpha value is -2.00. The second-order valence-electron chi connectivity index (χ2n) is 5.91. The van der Waals surface area contributed by atoms with E-state index in [9.17, 15) is 4.79 Å². The summed E-state index contributed by atoms with van der Waals surface area (Å²) in [7, 11) is 0. The summed E-state index contributed by atoms with van der Waals surface area (Å²) in [5.74, 6) is 0.502. The van der Waals surface area contributed by atoms with Crippen molar-refractivity contribution in [2.24, 2.45) is 0 Å². The van der Waals surface area contributed by atoms with Gasteiger partial charge in [-0.15, -0.1) is 0 Å². The van der Waals surface area contributed by atoms with Crippen LogP contribution < -0.4 is 10.1 Å². The molecule has 4 heteroatoms. The zero-order valence-corrected chi connectivity index (χ0v) is 13.9. The highest BCUT2D eigenvalue weighted by Crippen LogP contribution is 2.25. The van der Waals surface area contributed by atoms with Crippen LogP contribution in [0, 0.1) is 0 Å². The summed E-state index contributed by atoms with van der Waals surface area (Å²) in [5.41, 5.74) is 4.00. The minimum Gasteiger partial charge on any atom is -0.484 e. The van der Waals surface area contributed by atoms with Gasteiger partial charge in [0.15, 0.2) is 6.61 Å². The van der Waals surface area contributed by atoms with Crippen LogP contribution in [0.15, 0.2) is 42.5 Å². The first-order valence-electron chi connectivity index (χ1n) is 7.91. The number of ether oxygens (including phenoxy) is 1. The van der Waals surface area contributed by atoms with Gasteiger partial charge in [-0.1, -0.05) is 29.8 Å². The lowest BCUT2D eigenvalue weighted by atomic mass is 10.0. The lowest BCUT2D eigenvalue weighted by Gasteiger charge is -2.16. The van der Waals surface area contributed by atoms with Crippen molar-refractivity contribution in [1.29, 1.82) is 0 Å². The van der Waals surface area contributed by atoms with Crippen molar-refractivity contribution in [1.82, 2.24) is 5.32 Å². The molecule has 1 N–H and O–H groups in total. The molecule has 0 bridgehead atoms. The minimum atomic E-state index is -0.132. The smallest absolute Gasteiger partial charge is 0.258 e. The van der Waals surface area contributed by atoms with Crippen LogP contribution in [0.4, 0.5) is 0 Å². The van der Waals surface area contributed by atoms with E-state index in [1.165, 1.54) is 24.0 Å². The third-order valence-electron chi connectivity index (χ3n) is 4.18. The van der Waals surface area contributed by atoms with Gasteiger partial charge in [0.2, 0.25) is 0 Å². The van der Waals surface area contributed by atoms with E-state index in [1.54, 1.807) is 24.3 Å². The molecule has 0 saturated heterocycles. The number of hydrogen-bond acceptors (Lipinski definition) is 2. The average molecular weight is 330 g/mol. The monoisotopic (exact) mass is 329 g/mol. The molecular weight excluding hydrogens is 310 g/mol. The van der Waals surface area contributed by atoms with Crippen LogP contribution in [-0.4, -0.2) is 12.5 Å². The number of aryl methyl sites for hydroxylation is 2. The van der Waals surface area contributed by atoms with Crippen molar-refractivity contribution >= 4 is 17.5 Å². The predicted octanol–water partition coefficient (Wildman–Crippen LogP) is 4.08. The van der Waals surface area contributed by atoms with Crippen LogP contribution in [-0.2, 0) is 17.6 Å². The van der Waals surface area contributed by atoms with Crippen molar-refractivity contribution in [3.8, 4) is 5.75 Å². The molecule has 120 valence electrons. The number of amides is 1. The Kier molecular flexibility index (Phi) is 4.87. The van der Waals surface area contributed by atoms with Crippen molar-refractivity contribution in [3.63, 3.8) is 0 Å². The molecule has 0 spiro atoms. The molecule has 0 unspecified atom stereocenters. The number of nitrogens with one attached hydrogen (secondary N) is 1. The summed E-state index contributed by atoms with van der Waals surface area (Å²) >= 11 is 5.82. The molecule has 3 rings (SSSR count). The highest BCUT2D eigenvalue weighted by Gasteiger charge is 2.15. The van der Waals surface area contributed by atoms with Gasteiger partial charge < -0.3 is 10.1 Å². The highest BCUT2D eigenvalue weighted by atomic mass is 35.5. The standard InChI is InChI=1S/C19H20ClNO2/c1-13(15-6-5-14-3-2-4-16(14)11-15)21-19(22)12-23-18-9-7-17(20)8-10-18/h5-11,13H,2-4,12H2,1H3,(H,21,22)/t13-/m0/s1. The van der Waals surface area contributed by atoms with Gasteiger partial charge in [0.25, 0.3) is 5.91 Å². The summed E-state index contributed by atoms with van der Waals surface area (Å²) in [6.07, 6.45) is 3.54. The van der Waals surface area contributed by atoms with E-state index in [0.29, 0.717) is 10.8 Å². The zero-order valence-electron chi connectivity index (χ0n) is 13.1. The normalized spacial score (nSPS) is 14.2. The number of hydrogen-bond donors (Lipinski definition) is 1. The van der Waals surface area contributed by atoms with Gasteiger partial charge in [0.1, 0.15) is 5.75 Å². The maximum absolute atomic E-state index is 12.0. The molecule has 1 aliphatic rings. The Bertz CT molecular complexity index is 697. The summed E-state index contributed by atoms with van der Waals surface area (Å²) < 4.78 is 5.46. The van der Waals surface area contributed by atoms with E-state index in [2.05, 4.69) is 23.5 Å². The Morgan fingerprint density at radius 1 is 1.17 bits per heavy atom. The van der Waals surface area contributed by atoms with E-state index in [4.69, 9.17) is 16.3 Å². The fourth-order valence-corrected chi connectivity index (χ4v) is 3.03. The summed E-state index contributed by atoms with van der Waals surface area (Å²) in [4.78, 5) is 12.0. The maximum atomic E-state index is 12.0. The molecule has 2 aromatic rings. The number of carbonyl (C=O) groups excluding carboxylic acids is 1. The molecule has 0 aliphatic heterocycles. The van der Waals surface area contributed by atoms with E-state index in [-0.39, 0.29) is 18.6 Å². The average Bonchev–Trinajstić information content (AvgIpc) is 3.02. The van der Waals surface area contributed by atoms with Crippen molar-refractivity contribution in [2.75, 3.05) is 6.61 Å². The van der Waals surface area contributed by atoms with Crippen molar-refractivity contribution < 1.29 is 9.53 Å². The number of rotatable bonds is 5. The molecule has 0 aromatic heterocycles. The molecule has 3 nitrogen and oxygen atoms in total. The van der Waals surface area contributed by atoms with Crippen LogP contribution in [0.25, 0.3) is 0 Å². The molecule has 0 saturated carbocycles. The van der Waals surface area contributed by atoms with Gasteiger partial charge in [0, 0.05) is 5.02 Å². The Labute approximate surface area is 141 Å². The Balaban J connectivity index is 1.54. The lowest BCUT2D eigenvalue weighted by molar-refractivity contribution is -0.123. The van der Waals surface area contributed by atoms with Crippen LogP contribution in [0.1, 0.15) is 36.1 Å². The van der Waals surface area contributed by atoms with Gasteiger partial charge in [-0.3, -0.25) is 4.79 Å². The fraction of sp³-hybridized carbons (Fsp3) is 0.316. The van der Waals surface area contributed by atoms with E-state index >= 15 is 0 Å². The van der Waals surface area contributed by atoms with Crippen LogP contribution >= 0.6 is 11.6 Å². The molecule has 1 aliphatic carbocycles. The first-order valence-corrected chi connectivity index (χ1v) is 8.29. The largest absolute Gasteiger partial charge is 0.484 e. The van der Waals surface area contributed by atoms with Gasteiger partial charge >= 0.3 is 0 Å². The van der Waals surface area contributed by atoms with Gasteiger partial charge in [0.05, 0.1) is 6.04 Å². The first-order chi connectivity index (χ1) is 11.1. The predicted molar refractivity (Wildman–Crippen MR) is 92.0 cm³/mol. The molecular formula is C19H20ClNO2. The van der Waals surface area contributed by atoms with Crippen molar-refractivity contribution in [3.05, 3.63) is 64.2 Å². The molecule has 0 heterocycles. The van der Waals surface area contributed by atoms with E-state index in [0.717, 1.165) is 12.0 Å². The molecule has 0 radical (unpaired) electrons. The van der Waals surface area contributed by atoms with Gasteiger partial charge in [-0.25, -0.2) is 0 Å². The van der Waals surface area contributed by atoms with E-state index < -0.39 is 0 Å². The fourth-order valence-electron chi connectivity index (χ4n) is 2.91. The molecule has 0 fully saturated rings. The first kappa shape index (κ1) is 15.9. The zero-order chi connectivity index (χ0) is 16.2. The second-order valence-corrected chi connectivity index (χ2v) is 6.35. The van der Waals surface area contributed by atoms with Crippen LogP contribution in [0.5, 0.6) is 5.75 Å². The third-order valence-corrected chi connectivity index (χ3v) is 4.44. The minimum absolute atomic E-state index is 0.00306. The molecule has 23 heavy (non-hydrogen) atoms. The Morgan fingerprint density at radius 3 is 2.70 bits per heavy atom. The topological polar surface area (TPSA) is 38.3 Å². The SMILES string of the molecule is C[C@H](NC(=O)COc1ccc(Cl)cc1)c1ccc2c(c1)CCC2. The highest BCUT2D eigenvalue weighted by molar-refractivity contribution is 6.30. The lowest BCUT2D eigenvalue weighted by Crippen LogP contribution is -2.31. The molecule has 1 amide bonds.